The zero-order valence-electron chi connectivity index (χ0n) is 17.9. The highest BCUT2D eigenvalue weighted by molar-refractivity contribution is 7.98. The Morgan fingerprint density at radius 3 is 2.56 bits per heavy atom. The number of nitrogens with one attached hydrogen (secondary N) is 1. The standard InChI is InChI=1S/C24H24N4O2S2/c1-17-5-11-20(12-6-17)28-22(21-4-3-15-31-21)26-27-24(28)32-16-18-7-9-19(10-8-18)23(29)25-13-14-30-2/h3-12,15H,13-14,16H2,1-2H3,(H,25,29). The summed E-state index contributed by atoms with van der Waals surface area (Å²) in [4.78, 5) is 13.2. The summed E-state index contributed by atoms with van der Waals surface area (Å²) in [5.41, 5.74) is 3.99. The van der Waals surface area contributed by atoms with E-state index in [9.17, 15) is 4.79 Å². The van der Waals surface area contributed by atoms with Crippen molar-refractivity contribution in [1.82, 2.24) is 20.1 Å². The van der Waals surface area contributed by atoms with Crippen molar-refractivity contribution in [3.8, 4) is 16.4 Å². The number of methoxy groups -OCH3 is 1. The Hall–Kier alpha value is -2.94. The fraction of sp³-hybridized carbons (Fsp3) is 0.208. The number of rotatable bonds is 9. The second kappa shape index (κ2) is 10.6. The molecule has 0 aliphatic carbocycles. The van der Waals surface area contributed by atoms with E-state index in [1.54, 1.807) is 30.2 Å². The van der Waals surface area contributed by atoms with Crippen LogP contribution in [0.2, 0.25) is 0 Å². The summed E-state index contributed by atoms with van der Waals surface area (Å²) >= 11 is 3.27. The predicted octanol–water partition coefficient (Wildman–Crippen LogP) is 4.97. The largest absolute Gasteiger partial charge is 0.383 e. The molecule has 6 nitrogen and oxygen atoms in total. The topological polar surface area (TPSA) is 69.0 Å². The normalized spacial score (nSPS) is 10.9. The smallest absolute Gasteiger partial charge is 0.251 e. The van der Waals surface area contributed by atoms with E-state index in [1.807, 2.05) is 35.7 Å². The zero-order valence-corrected chi connectivity index (χ0v) is 19.6. The molecule has 0 saturated heterocycles. The predicted molar refractivity (Wildman–Crippen MR) is 130 cm³/mol. The Labute approximate surface area is 195 Å². The number of carbonyl (C=O) groups is 1. The van der Waals surface area contributed by atoms with Crippen LogP contribution in [0.1, 0.15) is 21.5 Å². The summed E-state index contributed by atoms with van der Waals surface area (Å²) < 4.78 is 7.07. The molecule has 0 spiro atoms. The van der Waals surface area contributed by atoms with Gasteiger partial charge in [0.15, 0.2) is 11.0 Å². The van der Waals surface area contributed by atoms with Gasteiger partial charge >= 0.3 is 0 Å². The molecular weight excluding hydrogens is 440 g/mol. The van der Waals surface area contributed by atoms with Crippen LogP contribution in [0.15, 0.2) is 71.2 Å². The number of aryl methyl sites for hydroxylation is 1. The van der Waals surface area contributed by atoms with Gasteiger partial charge in [0.2, 0.25) is 0 Å². The van der Waals surface area contributed by atoms with E-state index in [1.165, 1.54) is 5.56 Å². The molecule has 4 aromatic rings. The molecule has 0 saturated carbocycles. The number of hydrogen-bond acceptors (Lipinski definition) is 6. The number of hydrogen-bond donors (Lipinski definition) is 1. The third-order valence-corrected chi connectivity index (χ3v) is 6.71. The Bertz CT molecular complexity index is 1150. The second-order valence-electron chi connectivity index (χ2n) is 7.19. The van der Waals surface area contributed by atoms with Crippen LogP contribution < -0.4 is 5.32 Å². The molecular formula is C24H24N4O2S2. The Morgan fingerprint density at radius 2 is 1.88 bits per heavy atom. The van der Waals surface area contributed by atoms with E-state index < -0.39 is 0 Å². The summed E-state index contributed by atoms with van der Waals surface area (Å²) in [5.74, 6) is 1.47. The van der Waals surface area contributed by atoms with E-state index in [-0.39, 0.29) is 5.91 Å². The van der Waals surface area contributed by atoms with Crippen LogP contribution in [0.4, 0.5) is 0 Å². The van der Waals surface area contributed by atoms with Crippen molar-refractivity contribution in [2.45, 2.75) is 17.8 Å². The van der Waals surface area contributed by atoms with E-state index in [2.05, 4.69) is 57.3 Å². The molecule has 0 unspecified atom stereocenters. The van der Waals surface area contributed by atoms with Gasteiger partial charge in [-0.05, 0) is 48.2 Å². The van der Waals surface area contributed by atoms with Crippen molar-refractivity contribution in [2.75, 3.05) is 20.3 Å². The van der Waals surface area contributed by atoms with Gasteiger partial charge < -0.3 is 10.1 Å². The van der Waals surface area contributed by atoms with Gasteiger partial charge in [0, 0.05) is 30.7 Å². The molecule has 1 N–H and O–H groups in total. The first-order chi connectivity index (χ1) is 15.7. The number of nitrogens with zero attached hydrogens (tertiary/aromatic N) is 3. The minimum atomic E-state index is -0.0963. The zero-order chi connectivity index (χ0) is 22.3. The number of thiophene rings is 1. The number of carbonyl (C=O) groups excluding carboxylic acids is 1. The first kappa shape index (κ1) is 22.3. The molecule has 0 atom stereocenters. The lowest BCUT2D eigenvalue weighted by Crippen LogP contribution is -2.26. The highest BCUT2D eigenvalue weighted by atomic mass is 32.2. The molecule has 0 aliphatic heterocycles. The second-order valence-corrected chi connectivity index (χ2v) is 9.08. The average Bonchev–Trinajstić information content (AvgIpc) is 3.49. The summed E-state index contributed by atoms with van der Waals surface area (Å²) in [6, 6.07) is 20.1. The van der Waals surface area contributed by atoms with Crippen molar-refractivity contribution in [3.63, 3.8) is 0 Å². The van der Waals surface area contributed by atoms with E-state index >= 15 is 0 Å². The first-order valence-corrected chi connectivity index (χ1v) is 12.1. The lowest BCUT2D eigenvalue weighted by Gasteiger charge is -2.10. The number of amides is 1. The molecule has 4 rings (SSSR count). The van der Waals surface area contributed by atoms with Gasteiger partial charge in [-0.1, -0.05) is 47.7 Å². The molecule has 8 heteroatoms. The third-order valence-electron chi connectivity index (χ3n) is 4.84. The van der Waals surface area contributed by atoms with Crippen LogP contribution in [0, 0.1) is 6.92 Å². The Balaban J connectivity index is 1.51. The van der Waals surface area contributed by atoms with Crippen molar-refractivity contribution in [1.29, 1.82) is 0 Å². The van der Waals surface area contributed by atoms with Gasteiger partial charge in [0.25, 0.3) is 5.91 Å². The molecule has 0 aliphatic rings. The molecule has 164 valence electrons. The van der Waals surface area contributed by atoms with Gasteiger partial charge in [-0.3, -0.25) is 9.36 Å². The van der Waals surface area contributed by atoms with Crippen LogP contribution in [0.5, 0.6) is 0 Å². The van der Waals surface area contributed by atoms with Gasteiger partial charge in [-0.15, -0.1) is 21.5 Å². The number of benzene rings is 2. The lowest BCUT2D eigenvalue weighted by atomic mass is 10.1. The highest BCUT2D eigenvalue weighted by Crippen LogP contribution is 2.31. The number of ether oxygens (including phenoxy) is 1. The number of thioether (sulfide) groups is 1. The van der Waals surface area contributed by atoms with E-state index in [4.69, 9.17) is 4.74 Å². The lowest BCUT2D eigenvalue weighted by molar-refractivity contribution is 0.0937. The minimum absolute atomic E-state index is 0.0963. The summed E-state index contributed by atoms with van der Waals surface area (Å²) in [7, 11) is 1.61. The third kappa shape index (κ3) is 5.27. The average molecular weight is 465 g/mol. The highest BCUT2D eigenvalue weighted by Gasteiger charge is 2.17. The monoisotopic (exact) mass is 464 g/mol. The summed E-state index contributed by atoms with van der Waals surface area (Å²) in [5, 5.41) is 14.7. The summed E-state index contributed by atoms with van der Waals surface area (Å²) in [6.07, 6.45) is 0. The molecule has 32 heavy (non-hydrogen) atoms. The van der Waals surface area contributed by atoms with E-state index in [0.29, 0.717) is 18.7 Å². The first-order valence-electron chi connectivity index (χ1n) is 10.2. The molecule has 2 aromatic carbocycles. The Morgan fingerprint density at radius 1 is 1.09 bits per heavy atom. The maximum Gasteiger partial charge on any atom is 0.251 e. The SMILES string of the molecule is COCCNC(=O)c1ccc(CSc2nnc(-c3cccs3)n2-c2ccc(C)cc2)cc1. The molecule has 2 heterocycles. The maximum atomic E-state index is 12.2. The molecule has 2 aromatic heterocycles. The van der Waals surface area contributed by atoms with Gasteiger partial charge in [0.1, 0.15) is 0 Å². The molecule has 1 amide bonds. The van der Waals surface area contributed by atoms with Crippen LogP contribution in [0.3, 0.4) is 0 Å². The maximum absolute atomic E-state index is 12.2. The van der Waals surface area contributed by atoms with Crippen LogP contribution in [0.25, 0.3) is 16.4 Å². The molecule has 0 fully saturated rings. The quantitative estimate of drug-likeness (QED) is 0.280. The van der Waals surface area contributed by atoms with Crippen molar-refractivity contribution >= 4 is 29.0 Å². The molecule has 0 radical (unpaired) electrons. The Kier molecular flexibility index (Phi) is 7.36. The van der Waals surface area contributed by atoms with Crippen LogP contribution >= 0.6 is 23.1 Å². The van der Waals surface area contributed by atoms with Gasteiger partial charge in [0.05, 0.1) is 11.5 Å². The van der Waals surface area contributed by atoms with E-state index in [0.717, 1.165) is 32.9 Å². The fourth-order valence-electron chi connectivity index (χ4n) is 3.12. The van der Waals surface area contributed by atoms with Crippen molar-refractivity contribution < 1.29 is 9.53 Å². The van der Waals surface area contributed by atoms with Gasteiger partial charge in [-0.25, -0.2) is 0 Å². The van der Waals surface area contributed by atoms with Gasteiger partial charge in [-0.2, -0.15) is 0 Å². The molecule has 0 bridgehead atoms. The van der Waals surface area contributed by atoms with Crippen molar-refractivity contribution in [2.24, 2.45) is 0 Å². The number of aromatic nitrogens is 3. The minimum Gasteiger partial charge on any atom is -0.383 e. The van der Waals surface area contributed by atoms with Crippen molar-refractivity contribution in [3.05, 3.63) is 82.7 Å². The van der Waals surface area contributed by atoms with Crippen LogP contribution in [-0.2, 0) is 10.5 Å². The summed E-state index contributed by atoms with van der Waals surface area (Å²) in [6.45, 7) is 3.07. The fourth-order valence-corrected chi connectivity index (χ4v) is 4.73. The van der Waals surface area contributed by atoms with Crippen LogP contribution in [-0.4, -0.2) is 40.9 Å².